The Morgan fingerprint density at radius 2 is 2.18 bits per heavy atom. The molecule has 0 saturated carbocycles. The first-order chi connectivity index (χ1) is 5.25. The van der Waals surface area contributed by atoms with Crippen LogP contribution in [0.1, 0.15) is 32.6 Å². The minimum absolute atomic E-state index is 0.346. The first-order valence-electron chi connectivity index (χ1n) is 4.58. The minimum Gasteiger partial charge on any atom is -0.396 e. The number of nitrogens with zero attached hydrogens (tertiary/aromatic N) is 1. The molecule has 0 aromatic heterocycles. The maximum absolute atomic E-state index is 8.66. The van der Waals surface area contributed by atoms with E-state index >= 15 is 0 Å². The number of rotatable bonds is 3. The van der Waals surface area contributed by atoms with Gasteiger partial charge in [-0.05, 0) is 39.7 Å². The van der Waals surface area contributed by atoms with Gasteiger partial charge in [-0.25, -0.2) is 0 Å². The fourth-order valence-electron chi connectivity index (χ4n) is 1.88. The van der Waals surface area contributed by atoms with Crippen LogP contribution in [0.25, 0.3) is 0 Å². The summed E-state index contributed by atoms with van der Waals surface area (Å²) in [4.78, 5) is 2.44. The van der Waals surface area contributed by atoms with E-state index in [0.29, 0.717) is 6.61 Å². The first kappa shape index (κ1) is 9.01. The van der Waals surface area contributed by atoms with Crippen LogP contribution in [0, 0.1) is 0 Å². The summed E-state index contributed by atoms with van der Waals surface area (Å²) in [5, 5.41) is 8.66. The van der Waals surface area contributed by atoms with Crippen LogP contribution in [0.2, 0.25) is 0 Å². The fourth-order valence-corrected chi connectivity index (χ4v) is 1.88. The van der Waals surface area contributed by atoms with Crippen molar-refractivity contribution < 1.29 is 5.11 Å². The van der Waals surface area contributed by atoms with Crippen molar-refractivity contribution in [1.29, 1.82) is 0 Å². The van der Waals surface area contributed by atoms with Crippen LogP contribution in [0.3, 0.4) is 0 Å². The highest BCUT2D eigenvalue weighted by Crippen LogP contribution is 2.24. The first-order valence-corrected chi connectivity index (χ1v) is 4.58. The van der Waals surface area contributed by atoms with Crippen LogP contribution < -0.4 is 0 Å². The van der Waals surface area contributed by atoms with Crippen LogP contribution in [0.15, 0.2) is 0 Å². The highest BCUT2D eigenvalue weighted by atomic mass is 16.2. The number of aliphatic hydroxyl groups is 1. The molecule has 0 radical (unpaired) electrons. The Bertz CT molecular complexity index is 116. The van der Waals surface area contributed by atoms with E-state index in [9.17, 15) is 0 Å². The molecule has 0 amide bonds. The lowest BCUT2D eigenvalue weighted by molar-refractivity contribution is 0.217. The molecule has 2 nitrogen and oxygen atoms in total. The Morgan fingerprint density at radius 1 is 1.45 bits per heavy atom. The van der Waals surface area contributed by atoms with Crippen molar-refractivity contribution in [2.24, 2.45) is 0 Å². The lowest BCUT2D eigenvalue weighted by Gasteiger charge is -2.22. The molecule has 11 heavy (non-hydrogen) atoms. The zero-order chi connectivity index (χ0) is 8.27. The van der Waals surface area contributed by atoms with Crippen molar-refractivity contribution in [2.75, 3.05) is 13.7 Å². The van der Waals surface area contributed by atoms with Gasteiger partial charge in [0.2, 0.25) is 0 Å². The standard InChI is InChI=1S/C9H19NO/c1-8-5-6-9(10(8)2)4-3-7-11/h8-9,11H,3-7H2,1-2H3/t8-,9-/m0/s1. The van der Waals surface area contributed by atoms with E-state index in [0.717, 1.165) is 24.9 Å². The molecule has 1 rings (SSSR count). The summed E-state index contributed by atoms with van der Waals surface area (Å²) in [6.07, 6.45) is 4.77. The molecule has 1 aliphatic rings. The van der Waals surface area contributed by atoms with E-state index in [1.165, 1.54) is 12.8 Å². The Hall–Kier alpha value is -0.0800. The summed E-state index contributed by atoms with van der Waals surface area (Å²) in [6, 6.07) is 1.48. The molecule has 2 atom stereocenters. The van der Waals surface area contributed by atoms with E-state index in [4.69, 9.17) is 5.11 Å². The van der Waals surface area contributed by atoms with Crippen molar-refractivity contribution in [3.63, 3.8) is 0 Å². The molecule has 0 aromatic rings. The van der Waals surface area contributed by atoms with Crippen molar-refractivity contribution in [3.05, 3.63) is 0 Å². The van der Waals surface area contributed by atoms with E-state index in [-0.39, 0.29) is 0 Å². The monoisotopic (exact) mass is 157 g/mol. The van der Waals surface area contributed by atoms with Crippen LogP contribution in [-0.2, 0) is 0 Å². The second kappa shape index (κ2) is 4.07. The summed E-state index contributed by atoms with van der Waals surface area (Å²) in [5.41, 5.74) is 0. The van der Waals surface area contributed by atoms with Gasteiger partial charge in [0, 0.05) is 18.7 Å². The van der Waals surface area contributed by atoms with Crippen LogP contribution in [0.4, 0.5) is 0 Å². The van der Waals surface area contributed by atoms with Gasteiger partial charge in [-0.2, -0.15) is 0 Å². The van der Waals surface area contributed by atoms with Gasteiger partial charge in [-0.1, -0.05) is 0 Å². The highest BCUT2D eigenvalue weighted by Gasteiger charge is 2.25. The van der Waals surface area contributed by atoms with Crippen LogP contribution >= 0.6 is 0 Å². The predicted octanol–water partition coefficient (Wildman–Crippen LogP) is 1.24. The van der Waals surface area contributed by atoms with Crippen molar-refractivity contribution in [3.8, 4) is 0 Å². The molecule has 1 saturated heterocycles. The third kappa shape index (κ3) is 2.17. The summed E-state index contributed by atoms with van der Waals surface area (Å²) in [6.45, 7) is 2.62. The maximum Gasteiger partial charge on any atom is 0.0431 e. The van der Waals surface area contributed by atoms with E-state index < -0.39 is 0 Å². The molecule has 1 heterocycles. The molecule has 0 aliphatic carbocycles. The normalized spacial score (nSPS) is 33.0. The van der Waals surface area contributed by atoms with E-state index in [1.807, 2.05) is 0 Å². The third-order valence-electron chi connectivity index (χ3n) is 2.88. The number of likely N-dealkylation sites (tertiary alicyclic amines) is 1. The maximum atomic E-state index is 8.66. The van der Waals surface area contributed by atoms with Gasteiger partial charge < -0.3 is 10.0 Å². The van der Waals surface area contributed by atoms with Crippen molar-refractivity contribution >= 4 is 0 Å². The van der Waals surface area contributed by atoms with E-state index in [1.54, 1.807) is 0 Å². The summed E-state index contributed by atoms with van der Waals surface area (Å²) in [5.74, 6) is 0. The van der Waals surface area contributed by atoms with Gasteiger partial charge in [0.1, 0.15) is 0 Å². The molecule has 2 heteroatoms. The molecule has 1 N–H and O–H groups in total. The number of hydrogen-bond donors (Lipinski definition) is 1. The summed E-state index contributed by atoms with van der Waals surface area (Å²) < 4.78 is 0. The second-order valence-electron chi connectivity index (χ2n) is 3.61. The SMILES string of the molecule is C[C@H]1CC[C@H](CCCO)N1C. The zero-order valence-corrected chi connectivity index (χ0v) is 7.58. The largest absolute Gasteiger partial charge is 0.396 e. The lowest BCUT2D eigenvalue weighted by atomic mass is 10.1. The van der Waals surface area contributed by atoms with Gasteiger partial charge >= 0.3 is 0 Å². The van der Waals surface area contributed by atoms with Gasteiger partial charge in [0.15, 0.2) is 0 Å². The number of aliphatic hydroxyl groups excluding tert-OH is 1. The molecule has 0 bridgehead atoms. The molecule has 1 aliphatic heterocycles. The minimum atomic E-state index is 0.346. The zero-order valence-electron chi connectivity index (χ0n) is 7.58. The average Bonchev–Trinajstić information content (AvgIpc) is 2.31. The second-order valence-corrected chi connectivity index (χ2v) is 3.61. The molecule has 66 valence electrons. The number of hydrogen-bond acceptors (Lipinski definition) is 2. The lowest BCUT2D eigenvalue weighted by Crippen LogP contribution is -2.30. The smallest absolute Gasteiger partial charge is 0.0431 e. The Morgan fingerprint density at radius 3 is 2.64 bits per heavy atom. The molecule has 0 unspecified atom stereocenters. The van der Waals surface area contributed by atoms with Gasteiger partial charge in [0.05, 0.1) is 0 Å². The van der Waals surface area contributed by atoms with Gasteiger partial charge in [-0.3, -0.25) is 0 Å². The molecule has 0 aromatic carbocycles. The van der Waals surface area contributed by atoms with Crippen molar-refractivity contribution in [1.82, 2.24) is 4.90 Å². The Kier molecular flexibility index (Phi) is 3.34. The molecular weight excluding hydrogens is 138 g/mol. The van der Waals surface area contributed by atoms with Crippen LogP contribution in [-0.4, -0.2) is 35.7 Å². The fraction of sp³-hybridized carbons (Fsp3) is 1.00. The quantitative estimate of drug-likeness (QED) is 0.666. The molecular formula is C9H19NO. The van der Waals surface area contributed by atoms with Crippen LogP contribution in [0.5, 0.6) is 0 Å². The highest BCUT2D eigenvalue weighted by molar-refractivity contribution is 4.82. The average molecular weight is 157 g/mol. The van der Waals surface area contributed by atoms with Crippen molar-refractivity contribution in [2.45, 2.75) is 44.7 Å². The summed E-state index contributed by atoms with van der Waals surface area (Å²) >= 11 is 0. The van der Waals surface area contributed by atoms with E-state index in [2.05, 4.69) is 18.9 Å². The summed E-state index contributed by atoms with van der Waals surface area (Å²) in [7, 11) is 2.19. The molecule has 1 fully saturated rings. The Balaban J connectivity index is 2.24. The predicted molar refractivity (Wildman–Crippen MR) is 46.6 cm³/mol. The third-order valence-corrected chi connectivity index (χ3v) is 2.88. The van der Waals surface area contributed by atoms with Gasteiger partial charge in [0.25, 0.3) is 0 Å². The Labute approximate surface area is 69.2 Å². The topological polar surface area (TPSA) is 23.5 Å². The molecule has 0 spiro atoms. The van der Waals surface area contributed by atoms with Gasteiger partial charge in [-0.15, -0.1) is 0 Å².